The molecule has 0 radical (unpaired) electrons. The van der Waals surface area contributed by atoms with Gasteiger partial charge in [0.05, 0.1) is 5.69 Å². The number of rotatable bonds is 7. The number of carbonyl (C=O) groups excluding carboxylic acids is 1. The van der Waals surface area contributed by atoms with Crippen LogP contribution in [0.15, 0.2) is 0 Å². The van der Waals surface area contributed by atoms with Crippen molar-refractivity contribution in [3.05, 3.63) is 17.0 Å². The first-order chi connectivity index (χ1) is 9.31. The average molecular weight is 279 g/mol. The lowest BCUT2D eigenvalue weighted by molar-refractivity contribution is -0.121. The molecule has 1 N–H and O–H groups in total. The number of nitrogens with one attached hydrogen (secondary N) is 1. The lowest BCUT2D eigenvalue weighted by atomic mass is 10.1. The smallest absolute Gasteiger partial charge is 0.220 e. The summed E-state index contributed by atoms with van der Waals surface area (Å²) in [4.78, 5) is 11.8. The molecule has 0 spiro atoms. The van der Waals surface area contributed by atoms with E-state index in [0.717, 1.165) is 25.2 Å². The summed E-state index contributed by atoms with van der Waals surface area (Å²) in [5, 5.41) is 7.55. The fourth-order valence-corrected chi connectivity index (χ4v) is 2.26. The Morgan fingerprint density at radius 3 is 2.40 bits per heavy atom. The number of hydrogen-bond donors (Lipinski definition) is 1. The van der Waals surface area contributed by atoms with Gasteiger partial charge in [-0.05, 0) is 37.7 Å². The van der Waals surface area contributed by atoms with Gasteiger partial charge in [0.2, 0.25) is 5.91 Å². The van der Waals surface area contributed by atoms with Gasteiger partial charge in [-0.2, -0.15) is 5.10 Å². The zero-order valence-corrected chi connectivity index (χ0v) is 13.8. The number of hydrogen-bond acceptors (Lipinski definition) is 2. The van der Waals surface area contributed by atoms with Crippen LogP contribution < -0.4 is 5.32 Å². The standard InChI is InChI=1S/C16H29N3O/c1-11(2)9-17-16(20)8-7-15-13(5)18-19(14(15)6)10-12(3)4/h11-12H,7-10H2,1-6H3,(H,17,20). The van der Waals surface area contributed by atoms with Gasteiger partial charge < -0.3 is 5.32 Å². The number of aromatic nitrogens is 2. The van der Waals surface area contributed by atoms with E-state index in [1.807, 2.05) is 6.92 Å². The van der Waals surface area contributed by atoms with Crippen LogP contribution in [0.4, 0.5) is 0 Å². The first-order valence-electron chi connectivity index (χ1n) is 7.60. The molecule has 4 heteroatoms. The number of amides is 1. The van der Waals surface area contributed by atoms with Crippen molar-refractivity contribution in [2.24, 2.45) is 11.8 Å². The van der Waals surface area contributed by atoms with E-state index < -0.39 is 0 Å². The summed E-state index contributed by atoms with van der Waals surface area (Å²) in [6.45, 7) is 14.4. The van der Waals surface area contributed by atoms with Crippen LogP contribution in [-0.4, -0.2) is 22.2 Å². The van der Waals surface area contributed by atoms with Gasteiger partial charge in [0.1, 0.15) is 0 Å². The summed E-state index contributed by atoms with van der Waals surface area (Å²) in [6.07, 6.45) is 1.32. The second-order valence-electron chi connectivity index (χ2n) is 6.42. The Bertz CT molecular complexity index is 447. The van der Waals surface area contributed by atoms with Gasteiger partial charge in [0.25, 0.3) is 0 Å². The normalized spacial score (nSPS) is 11.4. The first-order valence-corrected chi connectivity index (χ1v) is 7.60. The van der Waals surface area contributed by atoms with Crippen molar-refractivity contribution < 1.29 is 4.79 Å². The van der Waals surface area contributed by atoms with Crippen LogP contribution >= 0.6 is 0 Å². The molecule has 1 heterocycles. The first kappa shape index (κ1) is 16.7. The third-order valence-electron chi connectivity index (χ3n) is 3.38. The fraction of sp³-hybridized carbons (Fsp3) is 0.750. The molecular weight excluding hydrogens is 250 g/mol. The van der Waals surface area contributed by atoms with E-state index in [-0.39, 0.29) is 5.91 Å². The van der Waals surface area contributed by atoms with Crippen LogP contribution in [-0.2, 0) is 17.8 Å². The predicted octanol–water partition coefficient (Wildman–Crippen LogP) is 2.86. The highest BCUT2D eigenvalue weighted by molar-refractivity contribution is 5.76. The highest BCUT2D eigenvalue weighted by atomic mass is 16.1. The zero-order valence-electron chi connectivity index (χ0n) is 13.8. The predicted molar refractivity (Wildman–Crippen MR) is 82.7 cm³/mol. The fourth-order valence-electron chi connectivity index (χ4n) is 2.26. The molecule has 0 saturated carbocycles. The largest absolute Gasteiger partial charge is 0.356 e. The van der Waals surface area contributed by atoms with Gasteiger partial charge in [-0.15, -0.1) is 0 Å². The minimum Gasteiger partial charge on any atom is -0.356 e. The van der Waals surface area contributed by atoms with Crippen LogP contribution in [0.3, 0.4) is 0 Å². The lowest BCUT2D eigenvalue weighted by Gasteiger charge is -2.09. The van der Waals surface area contributed by atoms with Gasteiger partial charge in [0, 0.05) is 25.2 Å². The van der Waals surface area contributed by atoms with Gasteiger partial charge in [-0.1, -0.05) is 27.7 Å². The summed E-state index contributed by atoms with van der Waals surface area (Å²) in [7, 11) is 0. The molecule has 0 fully saturated rings. The van der Waals surface area contributed by atoms with Crippen molar-refractivity contribution in [2.45, 2.75) is 60.9 Å². The highest BCUT2D eigenvalue weighted by Gasteiger charge is 2.13. The molecule has 0 atom stereocenters. The average Bonchev–Trinajstić information content (AvgIpc) is 2.59. The number of aryl methyl sites for hydroxylation is 1. The molecular formula is C16H29N3O. The van der Waals surface area contributed by atoms with E-state index in [9.17, 15) is 4.79 Å². The Balaban J connectivity index is 2.60. The van der Waals surface area contributed by atoms with Crippen molar-refractivity contribution in [3.8, 4) is 0 Å². The van der Waals surface area contributed by atoms with Gasteiger partial charge in [-0.25, -0.2) is 0 Å². The summed E-state index contributed by atoms with van der Waals surface area (Å²) in [5.74, 6) is 1.21. The molecule has 0 saturated heterocycles. The Labute approximate surface area is 122 Å². The van der Waals surface area contributed by atoms with Crippen molar-refractivity contribution >= 4 is 5.91 Å². The molecule has 1 rings (SSSR count). The second kappa shape index (κ2) is 7.46. The van der Waals surface area contributed by atoms with Crippen molar-refractivity contribution in [2.75, 3.05) is 6.54 Å². The number of carbonyl (C=O) groups is 1. The van der Waals surface area contributed by atoms with Gasteiger partial charge in [-0.3, -0.25) is 9.48 Å². The maximum Gasteiger partial charge on any atom is 0.220 e. The third-order valence-corrected chi connectivity index (χ3v) is 3.38. The summed E-state index contributed by atoms with van der Waals surface area (Å²) in [6, 6.07) is 0. The maximum atomic E-state index is 11.8. The molecule has 1 aromatic rings. The Kier molecular flexibility index (Phi) is 6.24. The third kappa shape index (κ3) is 4.99. The quantitative estimate of drug-likeness (QED) is 0.834. The minimum atomic E-state index is 0.133. The topological polar surface area (TPSA) is 46.9 Å². The second-order valence-corrected chi connectivity index (χ2v) is 6.42. The molecule has 0 unspecified atom stereocenters. The zero-order chi connectivity index (χ0) is 15.3. The van der Waals surface area contributed by atoms with Crippen LogP contribution in [0.25, 0.3) is 0 Å². The van der Waals surface area contributed by atoms with Crippen LogP contribution in [0.5, 0.6) is 0 Å². The van der Waals surface area contributed by atoms with E-state index in [1.165, 1.54) is 11.3 Å². The molecule has 0 aliphatic carbocycles. The molecule has 4 nitrogen and oxygen atoms in total. The molecule has 0 aliphatic heterocycles. The van der Waals surface area contributed by atoms with Crippen LogP contribution in [0, 0.1) is 25.7 Å². The van der Waals surface area contributed by atoms with Gasteiger partial charge >= 0.3 is 0 Å². The van der Waals surface area contributed by atoms with Crippen molar-refractivity contribution in [1.29, 1.82) is 0 Å². The molecule has 0 aromatic carbocycles. The summed E-state index contributed by atoms with van der Waals surface area (Å²) in [5.41, 5.74) is 3.48. The maximum absolute atomic E-state index is 11.8. The van der Waals surface area contributed by atoms with E-state index in [4.69, 9.17) is 0 Å². The number of nitrogens with zero attached hydrogens (tertiary/aromatic N) is 2. The Morgan fingerprint density at radius 2 is 1.85 bits per heavy atom. The molecule has 1 amide bonds. The SMILES string of the molecule is Cc1nn(CC(C)C)c(C)c1CCC(=O)NCC(C)C. The molecule has 1 aromatic heterocycles. The summed E-state index contributed by atoms with van der Waals surface area (Å²) < 4.78 is 2.07. The van der Waals surface area contributed by atoms with Crippen LogP contribution in [0.1, 0.15) is 51.1 Å². The van der Waals surface area contributed by atoms with E-state index in [0.29, 0.717) is 18.3 Å². The summed E-state index contributed by atoms with van der Waals surface area (Å²) >= 11 is 0. The van der Waals surface area contributed by atoms with Gasteiger partial charge in [0.15, 0.2) is 0 Å². The molecule has 0 aliphatic rings. The minimum absolute atomic E-state index is 0.133. The molecule has 20 heavy (non-hydrogen) atoms. The van der Waals surface area contributed by atoms with Crippen molar-refractivity contribution in [1.82, 2.24) is 15.1 Å². The van der Waals surface area contributed by atoms with Crippen molar-refractivity contribution in [3.63, 3.8) is 0 Å². The molecule has 0 bridgehead atoms. The molecule has 114 valence electrons. The lowest BCUT2D eigenvalue weighted by Crippen LogP contribution is -2.27. The Hall–Kier alpha value is -1.32. The van der Waals surface area contributed by atoms with E-state index >= 15 is 0 Å². The Morgan fingerprint density at radius 1 is 1.20 bits per heavy atom. The highest BCUT2D eigenvalue weighted by Crippen LogP contribution is 2.16. The van der Waals surface area contributed by atoms with Crippen LogP contribution in [0.2, 0.25) is 0 Å². The van der Waals surface area contributed by atoms with E-state index in [1.54, 1.807) is 0 Å². The van der Waals surface area contributed by atoms with E-state index in [2.05, 4.69) is 49.7 Å². The monoisotopic (exact) mass is 279 g/mol.